The van der Waals surface area contributed by atoms with Gasteiger partial charge in [0.1, 0.15) is 12.7 Å². The summed E-state index contributed by atoms with van der Waals surface area (Å²) in [6, 6.07) is 0. The van der Waals surface area contributed by atoms with Crippen LogP contribution in [-0.2, 0) is 42.9 Å². The van der Waals surface area contributed by atoms with Gasteiger partial charge in [0.15, 0.2) is 6.10 Å². The average molecular weight is 642 g/mol. The molecule has 10 nitrogen and oxygen atoms in total. The zero-order valence-corrected chi connectivity index (χ0v) is 29.0. The second kappa shape index (κ2) is 25.9. The molecule has 1 unspecified atom stereocenters. The summed E-state index contributed by atoms with van der Waals surface area (Å²) in [5.41, 5.74) is 0. The van der Waals surface area contributed by atoms with Crippen LogP contribution in [0.2, 0.25) is 0 Å². The Morgan fingerprint density at radius 3 is 1.42 bits per heavy atom. The van der Waals surface area contributed by atoms with Gasteiger partial charge < -0.3 is 28.6 Å². The molecule has 0 amide bonds. The molecule has 1 fully saturated rings. The maximum absolute atomic E-state index is 12.9. The molecule has 10 heteroatoms. The van der Waals surface area contributed by atoms with Crippen LogP contribution < -0.4 is 0 Å². The van der Waals surface area contributed by atoms with Gasteiger partial charge in [-0.1, -0.05) is 97.8 Å². The summed E-state index contributed by atoms with van der Waals surface area (Å²) in [4.78, 5) is 53.1. The van der Waals surface area contributed by atoms with E-state index in [1.165, 1.54) is 0 Å². The van der Waals surface area contributed by atoms with Gasteiger partial charge in [0.25, 0.3) is 0 Å². The topological polar surface area (TPSA) is 118 Å². The Labute approximate surface area is 272 Å². The van der Waals surface area contributed by atoms with E-state index in [4.69, 9.17) is 23.7 Å². The van der Waals surface area contributed by atoms with Crippen LogP contribution in [0, 0.1) is 0 Å². The molecule has 0 aromatic carbocycles. The zero-order valence-electron chi connectivity index (χ0n) is 29.0. The average Bonchev–Trinajstić information content (AvgIpc) is 3.30. The van der Waals surface area contributed by atoms with Crippen molar-refractivity contribution >= 4 is 23.9 Å². The summed E-state index contributed by atoms with van der Waals surface area (Å²) in [5, 5.41) is 0. The third kappa shape index (κ3) is 19.8. The van der Waals surface area contributed by atoms with Crippen LogP contribution in [0.1, 0.15) is 149 Å². The molecule has 0 aromatic rings. The standard InChI is InChI=1S/C35H63NO9/c1-6-9-12-15-18-22-30(38)43-33-28(27-41-29(37)25-21-26-36(4)5)42-35(45-32(40)24-20-17-14-11-8-3)34(33)44-31(39)23-19-16-13-10-7-2/h28,33-35H,6-27H2,1-5H3/t28-,33?,34+,35+/m1/s1. The predicted octanol–water partition coefficient (Wildman–Crippen LogP) is 7.04. The van der Waals surface area contributed by atoms with Crippen molar-refractivity contribution in [3.63, 3.8) is 0 Å². The highest BCUT2D eigenvalue weighted by Gasteiger charge is 2.52. The minimum absolute atomic E-state index is 0.196. The van der Waals surface area contributed by atoms with Gasteiger partial charge in [-0.2, -0.15) is 0 Å². The predicted molar refractivity (Wildman–Crippen MR) is 173 cm³/mol. The maximum Gasteiger partial charge on any atom is 0.308 e. The number of nitrogens with zero attached hydrogens (tertiary/aromatic N) is 1. The normalized spacial score (nSPS) is 19.4. The first-order valence-corrected chi connectivity index (χ1v) is 17.8. The third-order valence-corrected chi connectivity index (χ3v) is 7.90. The highest BCUT2D eigenvalue weighted by molar-refractivity contribution is 5.72. The molecule has 1 rings (SSSR count). The zero-order chi connectivity index (χ0) is 33.3. The second-order valence-corrected chi connectivity index (χ2v) is 12.5. The maximum atomic E-state index is 12.9. The van der Waals surface area contributed by atoms with Gasteiger partial charge >= 0.3 is 23.9 Å². The van der Waals surface area contributed by atoms with Gasteiger partial charge in [0.2, 0.25) is 12.4 Å². The van der Waals surface area contributed by atoms with Crippen LogP contribution in [-0.4, -0.2) is 80.6 Å². The Balaban J connectivity index is 3.01. The van der Waals surface area contributed by atoms with Crippen molar-refractivity contribution in [1.82, 2.24) is 4.90 Å². The number of hydrogen-bond donors (Lipinski definition) is 0. The highest BCUT2D eigenvalue weighted by Crippen LogP contribution is 2.30. The Kier molecular flexibility index (Phi) is 23.5. The van der Waals surface area contributed by atoms with Gasteiger partial charge in [0, 0.05) is 25.7 Å². The number of hydrogen-bond acceptors (Lipinski definition) is 10. The number of rotatable bonds is 27. The van der Waals surface area contributed by atoms with Crippen molar-refractivity contribution in [2.75, 3.05) is 27.2 Å². The quantitative estimate of drug-likeness (QED) is 0.0525. The number of carbonyl (C=O) groups is 4. The van der Waals surface area contributed by atoms with Crippen LogP contribution in [0.4, 0.5) is 0 Å². The Hall–Kier alpha value is -2.20. The van der Waals surface area contributed by atoms with E-state index in [1.54, 1.807) is 0 Å². The fourth-order valence-electron chi connectivity index (χ4n) is 5.20. The van der Waals surface area contributed by atoms with Crippen molar-refractivity contribution in [2.24, 2.45) is 0 Å². The lowest BCUT2D eigenvalue weighted by Crippen LogP contribution is -2.42. The molecule has 0 aliphatic carbocycles. The van der Waals surface area contributed by atoms with Crippen molar-refractivity contribution in [3.05, 3.63) is 0 Å². The van der Waals surface area contributed by atoms with E-state index in [9.17, 15) is 19.2 Å². The summed E-state index contributed by atoms with van der Waals surface area (Å²) in [6.07, 6.45) is 11.5. The van der Waals surface area contributed by atoms with Crippen LogP contribution in [0.15, 0.2) is 0 Å². The smallest absolute Gasteiger partial charge is 0.308 e. The Morgan fingerprint density at radius 1 is 0.533 bits per heavy atom. The second-order valence-electron chi connectivity index (χ2n) is 12.5. The van der Waals surface area contributed by atoms with Crippen LogP contribution in [0.5, 0.6) is 0 Å². The fraction of sp³-hybridized carbons (Fsp3) is 0.886. The molecular weight excluding hydrogens is 578 g/mol. The van der Waals surface area contributed by atoms with E-state index >= 15 is 0 Å². The SMILES string of the molecule is CCCCCCCC(=O)OC1[C@@H](COC(=O)CCCN(C)C)O[C@@H](OC(=O)CCCCCCC)[C@H]1OC(=O)CCCCCCC. The summed E-state index contributed by atoms with van der Waals surface area (Å²) >= 11 is 0. The molecule has 4 atom stereocenters. The van der Waals surface area contributed by atoms with E-state index in [0.717, 1.165) is 83.6 Å². The molecular formula is C35H63NO9. The molecule has 0 N–H and O–H groups in total. The molecule has 45 heavy (non-hydrogen) atoms. The largest absolute Gasteiger partial charge is 0.463 e. The number of esters is 4. The summed E-state index contributed by atoms with van der Waals surface area (Å²) in [5.74, 6) is -1.80. The van der Waals surface area contributed by atoms with Gasteiger partial charge in [-0.05, 0) is 46.3 Å². The van der Waals surface area contributed by atoms with Gasteiger partial charge in [0.05, 0.1) is 0 Å². The minimum atomic E-state index is -1.27. The third-order valence-electron chi connectivity index (χ3n) is 7.90. The van der Waals surface area contributed by atoms with E-state index in [0.29, 0.717) is 25.7 Å². The van der Waals surface area contributed by atoms with Crippen LogP contribution in [0.3, 0.4) is 0 Å². The number of unbranched alkanes of at least 4 members (excludes halogenated alkanes) is 12. The first-order chi connectivity index (χ1) is 21.7. The molecule has 0 aromatic heterocycles. The van der Waals surface area contributed by atoms with Gasteiger partial charge in [-0.3, -0.25) is 19.2 Å². The molecule has 0 saturated carbocycles. The number of ether oxygens (including phenoxy) is 5. The summed E-state index contributed by atoms with van der Waals surface area (Å²) < 4.78 is 28.9. The molecule has 1 aliphatic heterocycles. The lowest BCUT2D eigenvalue weighted by Gasteiger charge is -2.24. The van der Waals surface area contributed by atoms with Crippen molar-refractivity contribution in [3.8, 4) is 0 Å². The molecule has 262 valence electrons. The molecule has 1 heterocycles. The molecule has 0 radical (unpaired) electrons. The van der Waals surface area contributed by atoms with Crippen molar-refractivity contribution in [1.29, 1.82) is 0 Å². The van der Waals surface area contributed by atoms with Gasteiger partial charge in [-0.15, -0.1) is 0 Å². The van der Waals surface area contributed by atoms with E-state index in [-0.39, 0.29) is 32.3 Å². The molecule has 1 saturated heterocycles. The van der Waals surface area contributed by atoms with E-state index in [2.05, 4.69) is 20.8 Å². The molecule has 0 spiro atoms. The summed E-state index contributed by atoms with van der Waals surface area (Å²) in [7, 11) is 3.86. The number of carbonyl (C=O) groups excluding carboxylic acids is 4. The first kappa shape index (κ1) is 40.8. The lowest BCUT2D eigenvalue weighted by molar-refractivity contribution is -0.200. The highest BCUT2D eigenvalue weighted by atomic mass is 16.8. The van der Waals surface area contributed by atoms with Crippen LogP contribution in [0.25, 0.3) is 0 Å². The molecule has 0 bridgehead atoms. The lowest BCUT2D eigenvalue weighted by atomic mass is 10.1. The minimum Gasteiger partial charge on any atom is -0.463 e. The van der Waals surface area contributed by atoms with Gasteiger partial charge in [-0.25, -0.2) is 0 Å². The first-order valence-electron chi connectivity index (χ1n) is 17.8. The Morgan fingerprint density at radius 2 is 0.956 bits per heavy atom. The van der Waals surface area contributed by atoms with E-state index < -0.39 is 48.5 Å². The van der Waals surface area contributed by atoms with Crippen molar-refractivity contribution in [2.45, 2.75) is 174 Å². The monoisotopic (exact) mass is 641 g/mol. The van der Waals surface area contributed by atoms with E-state index in [1.807, 2.05) is 19.0 Å². The molecule has 1 aliphatic rings. The Bertz CT molecular complexity index is 819. The van der Waals surface area contributed by atoms with Crippen LogP contribution >= 0.6 is 0 Å². The summed E-state index contributed by atoms with van der Waals surface area (Å²) in [6.45, 7) is 6.91. The van der Waals surface area contributed by atoms with Crippen molar-refractivity contribution < 1.29 is 42.9 Å². The fourth-order valence-corrected chi connectivity index (χ4v) is 5.20.